The second-order valence-electron chi connectivity index (χ2n) is 6.09. The second kappa shape index (κ2) is 6.35. The summed E-state index contributed by atoms with van der Waals surface area (Å²) in [6.45, 7) is 9.24. The molecule has 1 atom stereocenters. The molecule has 2 aliphatic heterocycles. The van der Waals surface area contributed by atoms with Crippen LogP contribution in [0.15, 0.2) is 12.0 Å². The fraction of sp³-hybridized carbons (Fsp3) is 0.786. The summed E-state index contributed by atoms with van der Waals surface area (Å²) in [6, 6.07) is -0.0484. The zero-order valence-electron chi connectivity index (χ0n) is 12.5. The highest BCUT2D eigenvalue weighted by Gasteiger charge is 2.25. The van der Waals surface area contributed by atoms with Gasteiger partial charge in [0.1, 0.15) is 18.5 Å². The summed E-state index contributed by atoms with van der Waals surface area (Å²) < 4.78 is 16.1. The van der Waals surface area contributed by atoms with Crippen molar-refractivity contribution >= 4 is 6.09 Å². The minimum Gasteiger partial charge on any atom is -0.497 e. The predicted octanol–water partition coefficient (Wildman–Crippen LogP) is 1.47. The molecule has 0 aromatic carbocycles. The van der Waals surface area contributed by atoms with Gasteiger partial charge in [0.05, 0.1) is 25.0 Å². The number of carbonyl (C=O) groups is 1. The van der Waals surface area contributed by atoms with Gasteiger partial charge in [-0.2, -0.15) is 0 Å². The first-order valence-electron chi connectivity index (χ1n) is 7.07. The summed E-state index contributed by atoms with van der Waals surface area (Å²) in [5.41, 5.74) is 0.628. The van der Waals surface area contributed by atoms with Gasteiger partial charge in [-0.15, -0.1) is 0 Å². The topological polar surface area (TPSA) is 60.0 Å². The number of alkyl carbamates (subject to hydrolysis) is 1. The average molecular weight is 284 g/mol. The molecule has 0 aromatic heterocycles. The van der Waals surface area contributed by atoms with Gasteiger partial charge in [-0.1, -0.05) is 0 Å². The van der Waals surface area contributed by atoms with Crippen LogP contribution < -0.4 is 5.32 Å². The van der Waals surface area contributed by atoms with Gasteiger partial charge < -0.3 is 24.4 Å². The molecule has 6 heteroatoms. The summed E-state index contributed by atoms with van der Waals surface area (Å²) >= 11 is 0. The Bertz CT molecular complexity index is 370. The molecular formula is C14H24N2O4. The molecular weight excluding hydrogens is 260 g/mol. The van der Waals surface area contributed by atoms with Crippen LogP contribution in [0.4, 0.5) is 4.79 Å². The Morgan fingerprint density at radius 2 is 2.10 bits per heavy atom. The maximum absolute atomic E-state index is 11.8. The fourth-order valence-corrected chi connectivity index (χ4v) is 2.24. The molecule has 1 amide bonds. The lowest BCUT2D eigenvalue weighted by Gasteiger charge is -2.35. The number of ether oxygens (including phenoxy) is 3. The molecule has 0 radical (unpaired) electrons. The van der Waals surface area contributed by atoms with E-state index in [9.17, 15) is 4.79 Å². The normalized spacial score (nSPS) is 23.6. The van der Waals surface area contributed by atoms with Crippen LogP contribution in [0.3, 0.4) is 0 Å². The lowest BCUT2D eigenvalue weighted by atomic mass is 10.1. The van der Waals surface area contributed by atoms with E-state index >= 15 is 0 Å². The summed E-state index contributed by atoms with van der Waals surface area (Å²) in [7, 11) is 0. The van der Waals surface area contributed by atoms with E-state index in [1.807, 2.05) is 20.8 Å². The molecule has 0 aliphatic carbocycles. The van der Waals surface area contributed by atoms with Gasteiger partial charge in [-0.05, 0) is 20.8 Å². The zero-order chi connectivity index (χ0) is 14.6. The first-order valence-corrected chi connectivity index (χ1v) is 7.07. The molecule has 1 N–H and O–H groups in total. The average Bonchev–Trinajstić information content (AvgIpc) is 2.38. The molecule has 2 heterocycles. The Morgan fingerprint density at radius 3 is 2.75 bits per heavy atom. The van der Waals surface area contributed by atoms with Crippen molar-refractivity contribution in [2.45, 2.75) is 38.8 Å². The van der Waals surface area contributed by atoms with Crippen molar-refractivity contribution in [2.75, 3.05) is 32.9 Å². The third kappa shape index (κ3) is 4.59. The fourth-order valence-electron chi connectivity index (χ4n) is 2.24. The van der Waals surface area contributed by atoms with Crippen molar-refractivity contribution in [3.63, 3.8) is 0 Å². The maximum Gasteiger partial charge on any atom is 0.408 e. The first kappa shape index (κ1) is 15.0. The van der Waals surface area contributed by atoms with Crippen LogP contribution in [-0.2, 0) is 14.2 Å². The number of carbonyl (C=O) groups excluding carboxylic acids is 1. The van der Waals surface area contributed by atoms with E-state index in [2.05, 4.69) is 10.2 Å². The minimum absolute atomic E-state index is 0.0484. The van der Waals surface area contributed by atoms with Crippen LogP contribution in [0.2, 0.25) is 0 Å². The highest BCUT2D eigenvalue weighted by molar-refractivity contribution is 5.68. The summed E-state index contributed by atoms with van der Waals surface area (Å²) in [6.07, 6.45) is 2.16. The zero-order valence-corrected chi connectivity index (χ0v) is 12.5. The summed E-state index contributed by atoms with van der Waals surface area (Å²) in [5, 5.41) is 2.86. The van der Waals surface area contributed by atoms with E-state index in [1.54, 1.807) is 6.26 Å². The lowest BCUT2D eigenvalue weighted by molar-refractivity contribution is 0.0371. The van der Waals surface area contributed by atoms with Gasteiger partial charge in [0.25, 0.3) is 0 Å². The Labute approximate surface area is 120 Å². The number of rotatable bonds is 2. The van der Waals surface area contributed by atoms with E-state index < -0.39 is 11.7 Å². The number of hydrogen-bond donors (Lipinski definition) is 1. The molecule has 1 fully saturated rings. The summed E-state index contributed by atoms with van der Waals surface area (Å²) in [5.74, 6) is 0. The van der Waals surface area contributed by atoms with Crippen LogP contribution in [0.25, 0.3) is 0 Å². The third-order valence-electron chi connectivity index (χ3n) is 3.11. The molecule has 114 valence electrons. The molecule has 20 heavy (non-hydrogen) atoms. The largest absolute Gasteiger partial charge is 0.497 e. The van der Waals surface area contributed by atoms with Crippen molar-refractivity contribution in [3.05, 3.63) is 12.0 Å². The van der Waals surface area contributed by atoms with Crippen molar-refractivity contribution in [3.8, 4) is 0 Å². The quantitative estimate of drug-likeness (QED) is 0.832. The molecule has 0 aromatic rings. The monoisotopic (exact) mass is 284 g/mol. The second-order valence-corrected chi connectivity index (χ2v) is 6.09. The first-order chi connectivity index (χ1) is 9.44. The highest BCUT2D eigenvalue weighted by atomic mass is 16.6. The van der Waals surface area contributed by atoms with Gasteiger partial charge in [0.2, 0.25) is 0 Å². The Kier molecular flexibility index (Phi) is 4.75. The van der Waals surface area contributed by atoms with Gasteiger partial charge in [-0.25, -0.2) is 4.79 Å². The Balaban J connectivity index is 1.83. The number of nitrogens with zero attached hydrogens (tertiary/aromatic N) is 1. The third-order valence-corrected chi connectivity index (χ3v) is 3.11. The van der Waals surface area contributed by atoms with E-state index in [4.69, 9.17) is 14.2 Å². The molecule has 1 saturated heterocycles. The van der Waals surface area contributed by atoms with Crippen LogP contribution in [0, 0.1) is 0 Å². The maximum atomic E-state index is 11.8. The SMILES string of the molecule is CC(C)(C)OC(=O)NC1COC=C(N2CCOCC2)C1. The van der Waals surface area contributed by atoms with E-state index in [0.717, 1.165) is 38.4 Å². The Hall–Kier alpha value is -1.43. The molecule has 0 spiro atoms. The molecule has 6 nitrogen and oxygen atoms in total. The number of hydrogen-bond acceptors (Lipinski definition) is 5. The molecule has 0 saturated carbocycles. The number of nitrogens with one attached hydrogen (secondary N) is 1. The van der Waals surface area contributed by atoms with E-state index in [0.29, 0.717) is 6.61 Å². The highest BCUT2D eigenvalue weighted by Crippen LogP contribution is 2.19. The predicted molar refractivity (Wildman–Crippen MR) is 74.2 cm³/mol. The van der Waals surface area contributed by atoms with Gasteiger partial charge in [-0.3, -0.25) is 0 Å². The summed E-state index contributed by atoms with van der Waals surface area (Å²) in [4.78, 5) is 14.0. The van der Waals surface area contributed by atoms with Crippen LogP contribution in [0.1, 0.15) is 27.2 Å². The van der Waals surface area contributed by atoms with Crippen LogP contribution >= 0.6 is 0 Å². The number of amides is 1. The Morgan fingerprint density at radius 1 is 1.40 bits per heavy atom. The van der Waals surface area contributed by atoms with Crippen molar-refractivity contribution < 1.29 is 19.0 Å². The van der Waals surface area contributed by atoms with Gasteiger partial charge in [0, 0.05) is 19.5 Å². The lowest BCUT2D eigenvalue weighted by Crippen LogP contribution is -2.45. The minimum atomic E-state index is -0.484. The van der Waals surface area contributed by atoms with Crippen LogP contribution in [-0.4, -0.2) is 55.5 Å². The van der Waals surface area contributed by atoms with Gasteiger partial charge >= 0.3 is 6.09 Å². The molecule has 2 aliphatic rings. The number of morpholine rings is 1. The molecule has 2 rings (SSSR count). The van der Waals surface area contributed by atoms with Crippen molar-refractivity contribution in [1.82, 2.24) is 10.2 Å². The van der Waals surface area contributed by atoms with Gasteiger partial charge in [0.15, 0.2) is 0 Å². The van der Waals surface area contributed by atoms with Crippen LogP contribution in [0.5, 0.6) is 0 Å². The smallest absolute Gasteiger partial charge is 0.408 e. The van der Waals surface area contributed by atoms with Crippen molar-refractivity contribution in [1.29, 1.82) is 0 Å². The molecule has 1 unspecified atom stereocenters. The van der Waals surface area contributed by atoms with E-state index in [-0.39, 0.29) is 6.04 Å². The van der Waals surface area contributed by atoms with E-state index in [1.165, 1.54) is 0 Å². The standard InChI is InChI=1S/C14H24N2O4/c1-14(2,3)20-13(17)15-11-8-12(10-19-9-11)16-4-6-18-7-5-16/h10-11H,4-9H2,1-3H3,(H,15,17). The van der Waals surface area contributed by atoms with Crippen molar-refractivity contribution in [2.24, 2.45) is 0 Å². The molecule has 0 bridgehead atoms.